The van der Waals surface area contributed by atoms with Crippen LogP contribution in [0, 0.1) is 0 Å². The van der Waals surface area contributed by atoms with E-state index in [1.54, 1.807) is 25.1 Å². The highest BCUT2D eigenvalue weighted by Crippen LogP contribution is 2.19. The summed E-state index contributed by atoms with van der Waals surface area (Å²) >= 11 is 5.95. The number of aromatic nitrogens is 1. The molecule has 0 aromatic carbocycles. The zero-order valence-corrected chi connectivity index (χ0v) is 10.5. The van der Waals surface area contributed by atoms with E-state index < -0.39 is 0 Å². The van der Waals surface area contributed by atoms with Gasteiger partial charge < -0.3 is 10.2 Å². The lowest BCUT2D eigenvalue weighted by molar-refractivity contribution is 0.0795. The molecular weight excluding hydrogens is 226 g/mol. The van der Waals surface area contributed by atoms with Crippen molar-refractivity contribution in [2.24, 2.45) is 0 Å². The Hall–Kier alpha value is -1.29. The highest BCUT2D eigenvalue weighted by atomic mass is 35.5. The minimum atomic E-state index is -0.0780. The van der Waals surface area contributed by atoms with Gasteiger partial charge in [0, 0.05) is 26.8 Å². The standard InChI is InChI=1S/C11H16ClN3O/c1-4-5-15(3)11(16)8-6-10(13-2)14-7-9(8)12/h6-7H,4-5H2,1-3H3,(H,13,14). The van der Waals surface area contributed by atoms with Crippen molar-refractivity contribution in [2.75, 3.05) is 26.0 Å². The Morgan fingerprint density at radius 3 is 2.88 bits per heavy atom. The van der Waals surface area contributed by atoms with Gasteiger partial charge >= 0.3 is 0 Å². The molecule has 0 aliphatic carbocycles. The van der Waals surface area contributed by atoms with Crippen LogP contribution in [0.15, 0.2) is 12.3 Å². The molecule has 1 rings (SSSR count). The fourth-order valence-electron chi connectivity index (χ4n) is 1.38. The Morgan fingerprint density at radius 2 is 2.31 bits per heavy atom. The third kappa shape index (κ3) is 2.85. The fourth-order valence-corrected chi connectivity index (χ4v) is 1.57. The first kappa shape index (κ1) is 12.8. The first-order valence-electron chi connectivity index (χ1n) is 5.19. The van der Waals surface area contributed by atoms with E-state index >= 15 is 0 Å². The molecule has 0 fully saturated rings. The molecule has 0 atom stereocenters. The molecule has 1 aromatic heterocycles. The summed E-state index contributed by atoms with van der Waals surface area (Å²) < 4.78 is 0. The van der Waals surface area contributed by atoms with Crippen LogP contribution in [0.25, 0.3) is 0 Å². The van der Waals surface area contributed by atoms with Gasteiger partial charge in [-0.1, -0.05) is 18.5 Å². The summed E-state index contributed by atoms with van der Waals surface area (Å²) in [4.78, 5) is 17.7. The van der Waals surface area contributed by atoms with Crippen molar-refractivity contribution < 1.29 is 4.79 Å². The van der Waals surface area contributed by atoms with Crippen LogP contribution in [-0.4, -0.2) is 36.4 Å². The summed E-state index contributed by atoms with van der Waals surface area (Å²) in [6.07, 6.45) is 2.41. The summed E-state index contributed by atoms with van der Waals surface area (Å²) in [6.45, 7) is 2.74. The molecule has 1 N–H and O–H groups in total. The highest BCUT2D eigenvalue weighted by molar-refractivity contribution is 6.33. The third-order valence-corrected chi connectivity index (χ3v) is 2.55. The van der Waals surface area contributed by atoms with Gasteiger partial charge in [0.1, 0.15) is 5.82 Å². The van der Waals surface area contributed by atoms with Crippen LogP contribution in [0.4, 0.5) is 5.82 Å². The Bertz CT molecular complexity index is 381. The van der Waals surface area contributed by atoms with Crippen LogP contribution < -0.4 is 5.32 Å². The first-order valence-corrected chi connectivity index (χ1v) is 5.56. The second-order valence-corrected chi connectivity index (χ2v) is 3.93. The van der Waals surface area contributed by atoms with E-state index in [0.717, 1.165) is 6.42 Å². The zero-order valence-electron chi connectivity index (χ0n) is 9.75. The van der Waals surface area contributed by atoms with Gasteiger partial charge in [0.05, 0.1) is 10.6 Å². The molecule has 16 heavy (non-hydrogen) atoms. The van der Waals surface area contributed by atoms with Crippen LogP contribution in [0.3, 0.4) is 0 Å². The quantitative estimate of drug-likeness (QED) is 0.880. The van der Waals surface area contributed by atoms with Gasteiger partial charge in [-0.05, 0) is 12.5 Å². The molecule has 1 amide bonds. The minimum Gasteiger partial charge on any atom is -0.373 e. The number of amides is 1. The van der Waals surface area contributed by atoms with Gasteiger partial charge in [-0.15, -0.1) is 0 Å². The fraction of sp³-hybridized carbons (Fsp3) is 0.455. The maximum Gasteiger partial charge on any atom is 0.255 e. The number of carbonyl (C=O) groups is 1. The molecule has 88 valence electrons. The van der Waals surface area contributed by atoms with E-state index in [9.17, 15) is 4.79 Å². The van der Waals surface area contributed by atoms with Crippen molar-refractivity contribution in [2.45, 2.75) is 13.3 Å². The lowest BCUT2D eigenvalue weighted by atomic mass is 10.2. The zero-order chi connectivity index (χ0) is 12.1. The monoisotopic (exact) mass is 241 g/mol. The van der Waals surface area contributed by atoms with Gasteiger partial charge in [-0.3, -0.25) is 4.79 Å². The van der Waals surface area contributed by atoms with E-state index in [1.807, 2.05) is 6.92 Å². The predicted molar refractivity (Wildman–Crippen MR) is 66.0 cm³/mol. The number of carbonyl (C=O) groups excluding carboxylic acids is 1. The predicted octanol–water partition coefficient (Wildman–Crippen LogP) is 2.26. The van der Waals surface area contributed by atoms with Crippen LogP contribution in [-0.2, 0) is 0 Å². The van der Waals surface area contributed by atoms with Gasteiger partial charge in [0.25, 0.3) is 5.91 Å². The summed E-state index contributed by atoms with van der Waals surface area (Å²) in [5.41, 5.74) is 0.483. The molecule has 0 saturated heterocycles. The smallest absolute Gasteiger partial charge is 0.255 e. The van der Waals surface area contributed by atoms with Crippen LogP contribution in [0.5, 0.6) is 0 Å². The molecule has 0 saturated carbocycles. The van der Waals surface area contributed by atoms with E-state index in [-0.39, 0.29) is 5.91 Å². The van der Waals surface area contributed by atoms with Crippen molar-refractivity contribution in [3.63, 3.8) is 0 Å². The van der Waals surface area contributed by atoms with Crippen molar-refractivity contribution in [3.8, 4) is 0 Å². The van der Waals surface area contributed by atoms with Crippen molar-refractivity contribution >= 4 is 23.3 Å². The molecule has 4 nitrogen and oxygen atoms in total. The normalized spacial score (nSPS) is 10.0. The van der Waals surface area contributed by atoms with E-state index in [4.69, 9.17) is 11.6 Å². The minimum absolute atomic E-state index is 0.0780. The Balaban J connectivity index is 2.97. The molecule has 0 spiro atoms. The summed E-state index contributed by atoms with van der Waals surface area (Å²) in [5.74, 6) is 0.559. The molecular formula is C11H16ClN3O. The summed E-state index contributed by atoms with van der Waals surface area (Å²) in [7, 11) is 3.52. The lowest BCUT2D eigenvalue weighted by Crippen LogP contribution is -2.27. The number of pyridine rings is 1. The first-order chi connectivity index (χ1) is 7.60. The van der Waals surface area contributed by atoms with E-state index in [0.29, 0.717) is 22.9 Å². The highest BCUT2D eigenvalue weighted by Gasteiger charge is 2.15. The number of anilines is 1. The second-order valence-electron chi connectivity index (χ2n) is 3.53. The average molecular weight is 242 g/mol. The Morgan fingerprint density at radius 1 is 1.62 bits per heavy atom. The number of rotatable bonds is 4. The van der Waals surface area contributed by atoms with Crippen LogP contribution >= 0.6 is 11.6 Å². The second kappa shape index (κ2) is 5.70. The maximum atomic E-state index is 12.0. The Kier molecular flexibility index (Phi) is 4.55. The van der Waals surface area contributed by atoms with Gasteiger partial charge in [0.15, 0.2) is 0 Å². The summed E-state index contributed by atoms with van der Waals surface area (Å²) in [6, 6.07) is 1.66. The van der Waals surface area contributed by atoms with Gasteiger partial charge in [-0.25, -0.2) is 4.98 Å². The van der Waals surface area contributed by atoms with E-state index in [1.165, 1.54) is 6.20 Å². The third-order valence-electron chi connectivity index (χ3n) is 2.25. The lowest BCUT2D eigenvalue weighted by Gasteiger charge is -2.17. The molecule has 0 bridgehead atoms. The SMILES string of the molecule is CCCN(C)C(=O)c1cc(NC)ncc1Cl. The molecule has 1 heterocycles. The maximum absolute atomic E-state index is 12.0. The molecule has 0 aliphatic heterocycles. The van der Waals surface area contributed by atoms with Crippen LogP contribution in [0.1, 0.15) is 23.7 Å². The average Bonchev–Trinajstić information content (AvgIpc) is 2.29. The van der Waals surface area contributed by atoms with Crippen molar-refractivity contribution in [1.82, 2.24) is 9.88 Å². The molecule has 5 heteroatoms. The molecule has 1 aromatic rings. The molecule has 0 radical (unpaired) electrons. The number of nitrogens with one attached hydrogen (secondary N) is 1. The Labute approximate surface area is 101 Å². The van der Waals surface area contributed by atoms with Crippen molar-refractivity contribution in [3.05, 3.63) is 22.8 Å². The largest absolute Gasteiger partial charge is 0.373 e. The van der Waals surface area contributed by atoms with E-state index in [2.05, 4.69) is 10.3 Å². The van der Waals surface area contributed by atoms with Crippen molar-refractivity contribution in [1.29, 1.82) is 0 Å². The topological polar surface area (TPSA) is 45.2 Å². The molecule has 0 unspecified atom stereocenters. The van der Waals surface area contributed by atoms with Gasteiger partial charge in [0.2, 0.25) is 0 Å². The molecule has 0 aliphatic rings. The number of halogens is 1. The number of nitrogens with zero attached hydrogens (tertiary/aromatic N) is 2. The van der Waals surface area contributed by atoms with Gasteiger partial charge in [-0.2, -0.15) is 0 Å². The van der Waals surface area contributed by atoms with Crippen LogP contribution in [0.2, 0.25) is 5.02 Å². The summed E-state index contributed by atoms with van der Waals surface area (Å²) in [5, 5.41) is 3.26. The number of hydrogen-bond acceptors (Lipinski definition) is 3. The number of hydrogen-bond donors (Lipinski definition) is 1.